The molecule has 6 nitrogen and oxygen atoms in total. The molecule has 2 heterocycles. The summed E-state index contributed by atoms with van der Waals surface area (Å²) in [5.41, 5.74) is 1.59. The van der Waals surface area contributed by atoms with E-state index in [0.29, 0.717) is 17.2 Å². The lowest BCUT2D eigenvalue weighted by Crippen LogP contribution is -2.36. The van der Waals surface area contributed by atoms with Crippen LogP contribution >= 0.6 is 11.6 Å². The summed E-state index contributed by atoms with van der Waals surface area (Å²) in [7, 11) is 0. The van der Waals surface area contributed by atoms with E-state index in [-0.39, 0.29) is 11.7 Å². The van der Waals surface area contributed by atoms with Gasteiger partial charge in [-0.15, -0.1) is 0 Å². The van der Waals surface area contributed by atoms with Gasteiger partial charge in [0.2, 0.25) is 0 Å². The number of ether oxygens (including phenoxy) is 1. The van der Waals surface area contributed by atoms with Crippen molar-refractivity contribution in [2.24, 2.45) is 0 Å². The Morgan fingerprint density at radius 1 is 1.32 bits per heavy atom. The molecule has 0 fully saturated rings. The molecule has 2 aromatic heterocycles. The summed E-state index contributed by atoms with van der Waals surface area (Å²) in [6.45, 7) is 3.96. The third-order valence-electron chi connectivity index (χ3n) is 4.24. The molecule has 0 bridgehead atoms. The molecule has 0 radical (unpaired) electrons. The van der Waals surface area contributed by atoms with Crippen LogP contribution in [0, 0.1) is 0 Å². The topological polar surface area (TPSA) is 81.4 Å². The Hall–Kier alpha value is -2.86. The van der Waals surface area contributed by atoms with Crippen molar-refractivity contribution in [2.75, 3.05) is 0 Å². The third kappa shape index (κ3) is 4.70. The van der Waals surface area contributed by atoms with E-state index in [2.05, 4.69) is 10.3 Å². The van der Waals surface area contributed by atoms with E-state index in [1.54, 1.807) is 25.3 Å². The average molecular weight is 401 g/mol. The van der Waals surface area contributed by atoms with Crippen molar-refractivity contribution in [2.45, 2.75) is 39.3 Å². The van der Waals surface area contributed by atoms with E-state index in [1.165, 1.54) is 6.07 Å². The van der Waals surface area contributed by atoms with Crippen LogP contribution in [0.15, 0.2) is 51.8 Å². The third-order valence-corrected chi connectivity index (χ3v) is 4.54. The maximum Gasteiger partial charge on any atom is 0.336 e. The summed E-state index contributed by atoms with van der Waals surface area (Å²) in [6, 6.07) is 10.2. The van der Waals surface area contributed by atoms with Gasteiger partial charge in [0.05, 0.1) is 17.3 Å². The van der Waals surface area contributed by atoms with Crippen molar-refractivity contribution >= 4 is 28.5 Å². The van der Waals surface area contributed by atoms with Crippen LogP contribution in [0.25, 0.3) is 11.0 Å². The highest BCUT2D eigenvalue weighted by Crippen LogP contribution is 2.32. The molecule has 28 heavy (non-hydrogen) atoms. The van der Waals surface area contributed by atoms with Crippen molar-refractivity contribution < 1.29 is 13.9 Å². The Morgan fingerprint density at radius 2 is 2.14 bits per heavy atom. The van der Waals surface area contributed by atoms with E-state index in [1.807, 2.05) is 25.1 Å². The number of carbonyl (C=O) groups is 1. The molecule has 0 aliphatic heterocycles. The lowest BCUT2D eigenvalue weighted by molar-refractivity contribution is -0.127. The highest BCUT2D eigenvalue weighted by Gasteiger charge is 2.18. The number of amides is 1. The van der Waals surface area contributed by atoms with Crippen molar-refractivity contribution in [1.82, 2.24) is 10.3 Å². The van der Waals surface area contributed by atoms with Crippen molar-refractivity contribution in [1.29, 1.82) is 0 Å². The number of carbonyl (C=O) groups excluding carboxylic acids is 1. The fourth-order valence-corrected chi connectivity index (χ4v) is 3.07. The van der Waals surface area contributed by atoms with Crippen LogP contribution < -0.4 is 15.7 Å². The zero-order valence-electron chi connectivity index (χ0n) is 15.7. The first-order valence-corrected chi connectivity index (χ1v) is 9.46. The van der Waals surface area contributed by atoms with E-state index in [9.17, 15) is 9.59 Å². The zero-order valence-corrected chi connectivity index (χ0v) is 16.5. The van der Waals surface area contributed by atoms with Crippen molar-refractivity contribution in [3.63, 3.8) is 0 Å². The number of pyridine rings is 1. The Labute approximate surface area is 167 Å². The SMILES string of the molecule is CCCc1cc(=O)oc2cc(O[C@H](C)C(=O)NCc3ccccn3)c(Cl)cc12. The van der Waals surface area contributed by atoms with Crippen LogP contribution in [0.2, 0.25) is 5.02 Å². The molecule has 0 saturated carbocycles. The number of fused-ring (bicyclic) bond motifs is 1. The van der Waals surface area contributed by atoms with Crippen LogP contribution in [-0.4, -0.2) is 17.0 Å². The Kier molecular flexibility index (Phi) is 6.31. The van der Waals surface area contributed by atoms with E-state index < -0.39 is 11.7 Å². The molecule has 146 valence electrons. The van der Waals surface area contributed by atoms with Gasteiger partial charge in [0.15, 0.2) is 6.10 Å². The number of nitrogens with zero attached hydrogens (tertiary/aromatic N) is 1. The molecular weight excluding hydrogens is 380 g/mol. The molecular formula is C21H21ClN2O4. The first kappa shape index (κ1) is 19.9. The lowest BCUT2D eigenvalue weighted by Gasteiger charge is -2.16. The average Bonchev–Trinajstić information content (AvgIpc) is 2.68. The molecule has 0 spiro atoms. The summed E-state index contributed by atoms with van der Waals surface area (Å²) < 4.78 is 11.0. The van der Waals surface area contributed by atoms with E-state index in [0.717, 1.165) is 29.5 Å². The first-order valence-electron chi connectivity index (χ1n) is 9.08. The molecule has 1 amide bonds. The molecule has 0 aliphatic rings. The van der Waals surface area contributed by atoms with Gasteiger partial charge in [0.1, 0.15) is 11.3 Å². The second-order valence-corrected chi connectivity index (χ2v) is 6.83. The smallest absolute Gasteiger partial charge is 0.336 e. The molecule has 3 rings (SSSR count). The van der Waals surface area contributed by atoms with Gasteiger partial charge in [0.25, 0.3) is 5.91 Å². The summed E-state index contributed by atoms with van der Waals surface area (Å²) in [6.07, 6.45) is 2.51. The predicted octanol–water partition coefficient (Wildman–Crippen LogP) is 3.88. The number of aromatic nitrogens is 1. The zero-order chi connectivity index (χ0) is 20.1. The van der Waals surface area contributed by atoms with Crippen LogP contribution in [-0.2, 0) is 17.8 Å². The molecule has 3 aromatic rings. The van der Waals surface area contributed by atoms with Gasteiger partial charge >= 0.3 is 5.63 Å². The molecule has 0 unspecified atom stereocenters. The number of hydrogen-bond acceptors (Lipinski definition) is 5. The van der Waals surface area contributed by atoms with Crippen LogP contribution in [0.5, 0.6) is 5.75 Å². The van der Waals surface area contributed by atoms with Gasteiger partial charge in [-0.05, 0) is 37.1 Å². The van der Waals surface area contributed by atoms with Gasteiger partial charge in [-0.3, -0.25) is 9.78 Å². The standard InChI is InChI=1S/C21H21ClN2O4/c1-3-6-14-9-20(25)28-18-11-19(17(22)10-16(14)18)27-13(2)21(26)24-12-15-7-4-5-8-23-15/h4-5,7-11,13H,3,6,12H2,1-2H3,(H,24,26)/t13-/m1/s1. The number of benzene rings is 1. The lowest BCUT2D eigenvalue weighted by atomic mass is 10.1. The molecule has 0 aliphatic carbocycles. The predicted molar refractivity (Wildman–Crippen MR) is 108 cm³/mol. The minimum absolute atomic E-state index is 0.284. The van der Waals surface area contributed by atoms with Gasteiger partial charge in [-0.25, -0.2) is 4.79 Å². The molecule has 7 heteroatoms. The minimum Gasteiger partial charge on any atom is -0.479 e. The highest BCUT2D eigenvalue weighted by atomic mass is 35.5. The van der Waals surface area contributed by atoms with Crippen LogP contribution in [0.1, 0.15) is 31.5 Å². The fraction of sp³-hybridized carbons (Fsp3) is 0.286. The molecule has 1 aromatic carbocycles. The second kappa shape index (κ2) is 8.89. The number of hydrogen-bond donors (Lipinski definition) is 1. The summed E-state index contributed by atoms with van der Waals surface area (Å²) in [5, 5.41) is 3.89. The van der Waals surface area contributed by atoms with Crippen LogP contribution in [0.3, 0.4) is 0 Å². The highest BCUT2D eigenvalue weighted by molar-refractivity contribution is 6.32. The maximum atomic E-state index is 12.3. The second-order valence-electron chi connectivity index (χ2n) is 6.42. The van der Waals surface area contributed by atoms with Gasteiger partial charge in [-0.1, -0.05) is 31.0 Å². The summed E-state index contributed by atoms with van der Waals surface area (Å²) >= 11 is 6.35. The van der Waals surface area contributed by atoms with Gasteiger partial charge < -0.3 is 14.5 Å². The van der Waals surface area contributed by atoms with Crippen molar-refractivity contribution in [3.05, 3.63) is 69.3 Å². The Morgan fingerprint density at radius 3 is 2.86 bits per heavy atom. The molecule has 1 atom stereocenters. The maximum absolute atomic E-state index is 12.3. The fourth-order valence-electron chi connectivity index (χ4n) is 2.86. The molecule has 0 saturated heterocycles. The number of aryl methyl sites for hydroxylation is 1. The summed E-state index contributed by atoms with van der Waals surface area (Å²) in [4.78, 5) is 28.3. The number of halogens is 1. The normalized spacial score (nSPS) is 12.0. The monoisotopic (exact) mass is 400 g/mol. The minimum atomic E-state index is -0.788. The number of rotatable bonds is 7. The molecule has 1 N–H and O–H groups in total. The van der Waals surface area contributed by atoms with E-state index in [4.69, 9.17) is 20.8 Å². The van der Waals surface area contributed by atoms with Crippen LogP contribution in [0.4, 0.5) is 0 Å². The van der Waals surface area contributed by atoms with Crippen molar-refractivity contribution in [3.8, 4) is 5.75 Å². The van der Waals surface area contributed by atoms with Gasteiger partial charge in [-0.2, -0.15) is 0 Å². The summed E-state index contributed by atoms with van der Waals surface area (Å²) in [5.74, 6) is -0.0190. The quantitative estimate of drug-likeness (QED) is 0.609. The van der Waals surface area contributed by atoms with E-state index >= 15 is 0 Å². The first-order chi connectivity index (χ1) is 13.5. The Balaban J connectivity index is 1.76. The number of nitrogens with one attached hydrogen (secondary N) is 1. The largest absolute Gasteiger partial charge is 0.479 e. The Bertz CT molecular complexity index is 1030. The van der Waals surface area contributed by atoms with Gasteiger partial charge in [0, 0.05) is 23.7 Å².